The van der Waals surface area contributed by atoms with Crippen molar-refractivity contribution in [2.75, 3.05) is 7.11 Å². The molecule has 0 aliphatic carbocycles. The molecule has 3 rings (SSSR count). The number of nitrogens with one attached hydrogen (secondary N) is 1. The van der Waals surface area contributed by atoms with Crippen molar-refractivity contribution in [2.24, 2.45) is 0 Å². The van der Waals surface area contributed by atoms with Gasteiger partial charge in [-0.05, 0) is 48.6 Å². The maximum absolute atomic E-state index is 14.0. The maximum Gasteiger partial charge on any atom is 0.391 e. The van der Waals surface area contributed by atoms with Crippen LogP contribution in [0.4, 0.5) is 17.6 Å². The molecule has 0 saturated heterocycles. The molecule has 2 atom stereocenters. The Bertz CT molecular complexity index is 1020. The van der Waals surface area contributed by atoms with Crippen LogP contribution in [0.2, 0.25) is 0 Å². The predicted molar refractivity (Wildman–Crippen MR) is 111 cm³/mol. The van der Waals surface area contributed by atoms with E-state index in [1.54, 1.807) is 38.4 Å². The van der Waals surface area contributed by atoms with Gasteiger partial charge in [-0.1, -0.05) is 13.8 Å². The fraction of sp³-hybridized carbons (Fsp3) is 0.435. The van der Waals surface area contributed by atoms with E-state index in [0.717, 1.165) is 5.39 Å². The van der Waals surface area contributed by atoms with Gasteiger partial charge in [-0.15, -0.1) is 0 Å². The number of H-pyrrole nitrogens is 1. The molecular formula is C23H26F4N2O2. The van der Waals surface area contributed by atoms with Crippen molar-refractivity contribution in [2.45, 2.75) is 56.7 Å². The summed E-state index contributed by atoms with van der Waals surface area (Å²) in [6.07, 6.45) is -2.90. The number of fused-ring (bicyclic) bond motifs is 1. The first-order chi connectivity index (χ1) is 14.5. The standard InChI is InChI=1S/C23H26F4N2O2/c1-4-21(2,18-10-16(24)5-6-20(18)31-3)13-22(30,14-23(25,26)27)11-17-9-15-7-8-28-12-19(15)29-17/h5-10,12,29-30H,4,11,13-14H2,1-3H3. The zero-order chi connectivity index (χ0) is 22.9. The molecule has 8 heteroatoms. The fourth-order valence-corrected chi connectivity index (χ4v) is 4.33. The molecule has 1 aromatic carbocycles. The van der Waals surface area contributed by atoms with Gasteiger partial charge in [0.15, 0.2) is 0 Å². The molecule has 0 bridgehead atoms. The number of ether oxygens (including phenoxy) is 1. The van der Waals surface area contributed by atoms with Gasteiger partial charge in [-0.3, -0.25) is 4.98 Å². The summed E-state index contributed by atoms with van der Waals surface area (Å²) in [7, 11) is 1.42. The minimum atomic E-state index is -4.58. The molecule has 0 saturated carbocycles. The molecule has 2 aromatic heterocycles. The Balaban J connectivity index is 2.01. The van der Waals surface area contributed by atoms with Gasteiger partial charge in [0.1, 0.15) is 11.6 Å². The molecule has 0 fully saturated rings. The Morgan fingerprint density at radius 2 is 1.87 bits per heavy atom. The monoisotopic (exact) mass is 438 g/mol. The number of rotatable bonds is 8. The normalized spacial score (nSPS) is 16.1. The molecule has 2 unspecified atom stereocenters. The van der Waals surface area contributed by atoms with E-state index in [4.69, 9.17) is 4.74 Å². The predicted octanol–water partition coefficient (Wildman–Crippen LogP) is 5.69. The van der Waals surface area contributed by atoms with Crippen LogP contribution in [0, 0.1) is 5.82 Å². The molecule has 0 amide bonds. The highest BCUT2D eigenvalue weighted by atomic mass is 19.4. The van der Waals surface area contributed by atoms with Crippen molar-refractivity contribution in [3.05, 3.63) is 59.8 Å². The van der Waals surface area contributed by atoms with E-state index in [2.05, 4.69) is 9.97 Å². The van der Waals surface area contributed by atoms with Crippen LogP contribution in [0.25, 0.3) is 10.9 Å². The fourth-order valence-electron chi connectivity index (χ4n) is 4.33. The summed E-state index contributed by atoms with van der Waals surface area (Å²) < 4.78 is 59.8. The number of methoxy groups -OCH3 is 1. The Morgan fingerprint density at radius 1 is 1.13 bits per heavy atom. The zero-order valence-electron chi connectivity index (χ0n) is 17.7. The number of halogens is 4. The Kier molecular flexibility index (Phi) is 6.32. The van der Waals surface area contributed by atoms with Crippen LogP contribution in [-0.4, -0.2) is 34.0 Å². The summed E-state index contributed by atoms with van der Waals surface area (Å²) in [6.45, 7) is 3.52. The Labute approximate surface area is 178 Å². The molecule has 2 N–H and O–H groups in total. The number of aromatic amines is 1. The van der Waals surface area contributed by atoms with Crippen LogP contribution in [0.15, 0.2) is 42.7 Å². The second-order valence-electron chi connectivity index (χ2n) is 8.39. The van der Waals surface area contributed by atoms with E-state index in [0.29, 0.717) is 28.9 Å². The van der Waals surface area contributed by atoms with Gasteiger partial charge in [-0.2, -0.15) is 13.2 Å². The Morgan fingerprint density at radius 3 is 2.48 bits per heavy atom. The number of aromatic nitrogens is 2. The molecule has 0 aliphatic rings. The molecule has 0 spiro atoms. The van der Waals surface area contributed by atoms with E-state index < -0.39 is 29.4 Å². The number of alkyl halides is 3. The minimum Gasteiger partial charge on any atom is -0.496 e. The molecule has 0 aliphatic heterocycles. The highest BCUT2D eigenvalue weighted by molar-refractivity contribution is 5.79. The smallest absolute Gasteiger partial charge is 0.391 e. The third-order valence-corrected chi connectivity index (χ3v) is 5.84. The number of nitrogens with zero attached hydrogens (tertiary/aromatic N) is 1. The minimum absolute atomic E-state index is 0.233. The van der Waals surface area contributed by atoms with Crippen molar-refractivity contribution >= 4 is 10.9 Å². The summed E-state index contributed by atoms with van der Waals surface area (Å²) in [4.78, 5) is 7.04. The van der Waals surface area contributed by atoms with E-state index in [-0.39, 0.29) is 12.8 Å². The second-order valence-corrected chi connectivity index (χ2v) is 8.39. The quantitative estimate of drug-likeness (QED) is 0.444. The van der Waals surface area contributed by atoms with Crippen LogP contribution in [0.1, 0.15) is 44.4 Å². The van der Waals surface area contributed by atoms with Gasteiger partial charge < -0.3 is 14.8 Å². The lowest BCUT2D eigenvalue weighted by Gasteiger charge is -2.39. The first-order valence-electron chi connectivity index (χ1n) is 10.0. The molecule has 2 heterocycles. The van der Waals surface area contributed by atoms with Gasteiger partial charge in [0.2, 0.25) is 0 Å². The van der Waals surface area contributed by atoms with Gasteiger partial charge in [-0.25, -0.2) is 4.39 Å². The summed E-state index contributed by atoms with van der Waals surface area (Å²) in [5.41, 5.74) is -1.49. The number of benzene rings is 1. The second kappa shape index (κ2) is 8.49. The maximum atomic E-state index is 14.0. The topological polar surface area (TPSA) is 58.1 Å². The lowest BCUT2D eigenvalue weighted by Crippen LogP contribution is -2.43. The highest BCUT2D eigenvalue weighted by Crippen LogP contribution is 2.44. The van der Waals surface area contributed by atoms with E-state index >= 15 is 0 Å². The van der Waals surface area contributed by atoms with Crippen LogP contribution in [0.3, 0.4) is 0 Å². The van der Waals surface area contributed by atoms with Crippen molar-refractivity contribution in [1.82, 2.24) is 9.97 Å². The van der Waals surface area contributed by atoms with Crippen molar-refractivity contribution in [3.63, 3.8) is 0 Å². The van der Waals surface area contributed by atoms with Gasteiger partial charge in [0.05, 0.1) is 30.8 Å². The number of pyridine rings is 1. The zero-order valence-corrected chi connectivity index (χ0v) is 17.7. The van der Waals surface area contributed by atoms with Crippen LogP contribution in [0.5, 0.6) is 5.75 Å². The van der Waals surface area contributed by atoms with Gasteiger partial charge >= 0.3 is 6.18 Å². The number of aliphatic hydroxyl groups is 1. The van der Waals surface area contributed by atoms with E-state index in [1.807, 2.05) is 0 Å². The third kappa shape index (κ3) is 5.36. The van der Waals surface area contributed by atoms with Crippen LogP contribution < -0.4 is 4.74 Å². The molecular weight excluding hydrogens is 412 g/mol. The highest BCUT2D eigenvalue weighted by Gasteiger charge is 2.46. The summed E-state index contributed by atoms with van der Waals surface area (Å²) in [5, 5.41) is 12.1. The van der Waals surface area contributed by atoms with E-state index in [9.17, 15) is 22.7 Å². The molecule has 31 heavy (non-hydrogen) atoms. The van der Waals surface area contributed by atoms with Gasteiger partial charge in [0.25, 0.3) is 0 Å². The summed E-state index contributed by atoms with van der Waals surface area (Å²) in [6, 6.07) is 7.41. The van der Waals surface area contributed by atoms with Crippen LogP contribution in [-0.2, 0) is 11.8 Å². The average Bonchev–Trinajstić information content (AvgIpc) is 3.07. The van der Waals surface area contributed by atoms with Crippen molar-refractivity contribution < 1.29 is 27.4 Å². The first-order valence-corrected chi connectivity index (χ1v) is 10.0. The van der Waals surface area contributed by atoms with Gasteiger partial charge in [0, 0.05) is 29.3 Å². The Hall–Kier alpha value is -2.61. The molecule has 0 radical (unpaired) electrons. The summed E-state index contributed by atoms with van der Waals surface area (Å²) in [5.74, 6) is -0.144. The van der Waals surface area contributed by atoms with Crippen molar-refractivity contribution in [1.29, 1.82) is 0 Å². The lowest BCUT2D eigenvalue weighted by molar-refractivity contribution is -0.180. The SMILES string of the molecule is CCC(C)(CC(O)(Cc1cc2ccncc2[nH]1)CC(F)(F)F)c1cc(F)ccc1OC. The number of hydrogen-bond donors (Lipinski definition) is 2. The van der Waals surface area contributed by atoms with Crippen molar-refractivity contribution in [3.8, 4) is 5.75 Å². The third-order valence-electron chi connectivity index (χ3n) is 5.84. The number of hydrogen-bond acceptors (Lipinski definition) is 3. The largest absolute Gasteiger partial charge is 0.496 e. The first kappa shape index (κ1) is 23.1. The lowest BCUT2D eigenvalue weighted by atomic mass is 9.69. The van der Waals surface area contributed by atoms with Crippen LogP contribution >= 0.6 is 0 Å². The molecule has 168 valence electrons. The average molecular weight is 438 g/mol. The summed E-state index contributed by atoms with van der Waals surface area (Å²) >= 11 is 0. The molecule has 3 aromatic rings. The molecule has 4 nitrogen and oxygen atoms in total. The van der Waals surface area contributed by atoms with E-state index in [1.165, 1.54) is 25.3 Å².